The maximum Gasteiger partial charge on any atom is 0.221 e. The summed E-state index contributed by atoms with van der Waals surface area (Å²) in [6.45, 7) is 2.07. The van der Waals surface area contributed by atoms with Crippen LogP contribution in [0.25, 0.3) is 0 Å². The van der Waals surface area contributed by atoms with Crippen LogP contribution in [0, 0.1) is 0 Å². The molecule has 4 nitrogen and oxygen atoms in total. The topological polar surface area (TPSA) is 63.8 Å². The van der Waals surface area contributed by atoms with Gasteiger partial charge in [0.15, 0.2) is 0 Å². The summed E-state index contributed by atoms with van der Waals surface area (Å²) < 4.78 is 1.06. The first kappa shape index (κ1) is 11.9. The molecule has 2 aromatic rings. The molecular weight excluding hydrogens is 280 g/mol. The van der Waals surface area contributed by atoms with E-state index >= 15 is 0 Å². The molecule has 17 heavy (non-hydrogen) atoms. The summed E-state index contributed by atoms with van der Waals surface area (Å²) in [5.41, 5.74) is 6.70. The zero-order chi connectivity index (χ0) is 12.3. The number of nitrogens with one attached hydrogen (secondary N) is 1. The highest BCUT2D eigenvalue weighted by atomic mass is 79.9. The van der Waals surface area contributed by atoms with Gasteiger partial charge in [-0.3, -0.25) is 0 Å². The second-order valence-electron chi connectivity index (χ2n) is 3.72. The molecule has 5 heteroatoms. The van der Waals surface area contributed by atoms with Gasteiger partial charge in [-0.05, 0) is 30.7 Å². The number of hydrogen-bond acceptors (Lipinski definition) is 4. The van der Waals surface area contributed by atoms with E-state index in [4.69, 9.17) is 5.73 Å². The molecule has 2 rings (SSSR count). The molecule has 0 aliphatic rings. The number of anilines is 2. The van der Waals surface area contributed by atoms with Gasteiger partial charge in [0.1, 0.15) is 5.82 Å². The first-order valence-electron chi connectivity index (χ1n) is 5.25. The molecule has 0 amide bonds. The lowest BCUT2D eigenvalue weighted by Crippen LogP contribution is -2.09. The van der Waals surface area contributed by atoms with Crippen molar-refractivity contribution in [3.63, 3.8) is 0 Å². The number of benzene rings is 1. The molecule has 3 N–H and O–H groups in total. The summed E-state index contributed by atoms with van der Waals surface area (Å²) in [5.74, 6) is 1.00. The van der Waals surface area contributed by atoms with Crippen molar-refractivity contribution >= 4 is 27.7 Å². The van der Waals surface area contributed by atoms with Crippen LogP contribution in [0.15, 0.2) is 41.0 Å². The highest BCUT2D eigenvalue weighted by molar-refractivity contribution is 9.10. The number of nitrogens with zero attached hydrogens (tertiary/aromatic N) is 2. The number of nitrogen functional groups attached to an aromatic ring is 1. The van der Waals surface area contributed by atoms with Crippen LogP contribution < -0.4 is 11.1 Å². The Morgan fingerprint density at radius 2 is 2.18 bits per heavy atom. The van der Waals surface area contributed by atoms with Crippen molar-refractivity contribution < 1.29 is 0 Å². The van der Waals surface area contributed by atoms with E-state index in [2.05, 4.69) is 50.3 Å². The van der Waals surface area contributed by atoms with Crippen LogP contribution in [-0.4, -0.2) is 9.97 Å². The highest BCUT2D eigenvalue weighted by Crippen LogP contribution is 2.21. The fourth-order valence-electron chi connectivity index (χ4n) is 1.54. The molecule has 88 valence electrons. The second kappa shape index (κ2) is 5.14. The van der Waals surface area contributed by atoms with Gasteiger partial charge in [-0.15, -0.1) is 0 Å². The van der Waals surface area contributed by atoms with Gasteiger partial charge in [-0.2, -0.15) is 4.98 Å². The highest BCUT2D eigenvalue weighted by Gasteiger charge is 2.06. The van der Waals surface area contributed by atoms with Gasteiger partial charge in [-0.25, -0.2) is 4.98 Å². The van der Waals surface area contributed by atoms with E-state index in [-0.39, 0.29) is 12.0 Å². The van der Waals surface area contributed by atoms with Crippen molar-refractivity contribution in [2.24, 2.45) is 0 Å². The minimum Gasteiger partial charge on any atom is -0.368 e. The van der Waals surface area contributed by atoms with E-state index in [0.717, 1.165) is 10.3 Å². The minimum atomic E-state index is 0.154. The van der Waals surface area contributed by atoms with Crippen molar-refractivity contribution in [2.45, 2.75) is 13.0 Å². The summed E-state index contributed by atoms with van der Waals surface area (Å²) in [4.78, 5) is 7.96. The third-order valence-electron chi connectivity index (χ3n) is 2.39. The number of nitrogens with two attached hydrogens (primary N) is 1. The molecule has 0 aliphatic carbocycles. The number of halogens is 1. The maximum atomic E-state index is 5.53. The standard InChI is InChI=1S/C12H13BrN4/c1-8(9-3-2-4-10(13)7-9)16-11-5-6-15-12(14)17-11/h2-8H,1H3,(H3,14,15,16,17). The quantitative estimate of drug-likeness (QED) is 0.913. The van der Waals surface area contributed by atoms with Crippen molar-refractivity contribution in [3.05, 3.63) is 46.6 Å². The minimum absolute atomic E-state index is 0.154. The molecule has 1 aromatic heterocycles. The van der Waals surface area contributed by atoms with E-state index in [9.17, 15) is 0 Å². The molecule has 0 fully saturated rings. The van der Waals surface area contributed by atoms with Gasteiger partial charge in [-0.1, -0.05) is 28.1 Å². The van der Waals surface area contributed by atoms with Crippen molar-refractivity contribution in [2.75, 3.05) is 11.1 Å². The molecule has 1 atom stereocenters. The third-order valence-corrected chi connectivity index (χ3v) is 2.88. The lowest BCUT2D eigenvalue weighted by atomic mass is 10.1. The van der Waals surface area contributed by atoms with Crippen molar-refractivity contribution in [1.82, 2.24) is 9.97 Å². The lowest BCUT2D eigenvalue weighted by molar-refractivity contribution is 0.872. The molecule has 1 unspecified atom stereocenters. The van der Waals surface area contributed by atoms with E-state index < -0.39 is 0 Å². The Bertz CT molecular complexity index is 515. The summed E-state index contributed by atoms with van der Waals surface area (Å²) in [6.07, 6.45) is 1.64. The van der Waals surface area contributed by atoms with Gasteiger partial charge >= 0.3 is 0 Å². The summed E-state index contributed by atoms with van der Waals surface area (Å²) in [5, 5.41) is 3.27. The van der Waals surface area contributed by atoms with E-state index in [0.29, 0.717) is 0 Å². The summed E-state index contributed by atoms with van der Waals surface area (Å²) in [7, 11) is 0. The Kier molecular flexibility index (Phi) is 3.58. The molecular formula is C12H13BrN4. The fourth-order valence-corrected chi connectivity index (χ4v) is 1.95. The molecule has 0 spiro atoms. The lowest BCUT2D eigenvalue weighted by Gasteiger charge is -2.15. The average Bonchev–Trinajstić information content (AvgIpc) is 2.29. The van der Waals surface area contributed by atoms with Gasteiger partial charge in [0, 0.05) is 16.7 Å². The van der Waals surface area contributed by atoms with Crippen LogP contribution in [0.2, 0.25) is 0 Å². The van der Waals surface area contributed by atoms with Crippen LogP contribution in [0.3, 0.4) is 0 Å². The SMILES string of the molecule is CC(Nc1ccnc(N)n1)c1cccc(Br)c1. The Hall–Kier alpha value is -1.62. The van der Waals surface area contributed by atoms with E-state index in [1.165, 1.54) is 5.56 Å². The molecule has 1 aromatic carbocycles. The van der Waals surface area contributed by atoms with Crippen LogP contribution in [0.1, 0.15) is 18.5 Å². The second-order valence-corrected chi connectivity index (χ2v) is 4.64. The Morgan fingerprint density at radius 1 is 1.35 bits per heavy atom. The smallest absolute Gasteiger partial charge is 0.221 e. The van der Waals surface area contributed by atoms with Crippen LogP contribution in [-0.2, 0) is 0 Å². The monoisotopic (exact) mass is 292 g/mol. The van der Waals surface area contributed by atoms with Crippen molar-refractivity contribution in [3.8, 4) is 0 Å². The Morgan fingerprint density at radius 3 is 2.88 bits per heavy atom. The largest absolute Gasteiger partial charge is 0.368 e. The molecule has 0 radical (unpaired) electrons. The first-order valence-corrected chi connectivity index (χ1v) is 6.05. The zero-order valence-corrected chi connectivity index (χ0v) is 11.0. The van der Waals surface area contributed by atoms with Crippen LogP contribution in [0.5, 0.6) is 0 Å². The van der Waals surface area contributed by atoms with Gasteiger partial charge in [0.25, 0.3) is 0 Å². The number of hydrogen-bond donors (Lipinski definition) is 2. The number of rotatable bonds is 3. The maximum absolute atomic E-state index is 5.53. The predicted molar refractivity (Wildman–Crippen MR) is 72.6 cm³/mol. The number of aromatic nitrogens is 2. The predicted octanol–water partition coefficient (Wildman–Crippen LogP) is 2.99. The Labute approximate surface area is 108 Å². The Balaban J connectivity index is 2.14. The van der Waals surface area contributed by atoms with Crippen LogP contribution >= 0.6 is 15.9 Å². The first-order chi connectivity index (χ1) is 8.15. The summed E-state index contributed by atoms with van der Waals surface area (Å²) in [6, 6.07) is 10.1. The molecule has 1 heterocycles. The van der Waals surface area contributed by atoms with Gasteiger partial charge in [0.05, 0.1) is 0 Å². The molecule has 0 saturated heterocycles. The van der Waals surface area contributed by atoms with E-state index in [1.54, 1.807) is 12.3 Å². The zero-order valence-electron chi connectivity index (χ0n) is 9.39. The van der Waals surface area contributed by atoms with Gasteiger partial charge < -0.3 is 11.1 Å². The fraction of sp³-hybridized carbons (Fsp3) is 0.167. The van der Waals surface area contributed by atoms with Crippen LogP contribution in [0.4, 0.5) is 11.8 Å². The van der Waals surface area contributed by atoms with Crippen molar-refractivity contribution in [1.29, 1.82) is 0 Å². The molecule has 0 saturated carbocycles. The van der Waals surface area contributed by atoms with Gasteiger partial charge in [0.2, 0.25) is 5.95 Å². The summed E-state index contributed by atoms with van der Waals surface area (Å²) >= 11 is 3.45. The van der Waals surface area contributed by atoms with E-state index in [1.807, 2.05) is 12.1 Å². The third kappa shape index (κ3) is 3.17. The molecule has 0 bridgehead atoms. The molecule has 0 aliphatic heterocycles. The average molecular weight is 293 g/mol. The normalized spacial score (nSPS) is 12.1.